The number of hydrogen-bond donors (Lipinski definition) is 3. The molecule has 3 heterocycles. The second-order valence-corrected chi connectivity index (χ2v) is 8.78. The summed E-state index contributed by atoms with van der Waals surface area (Å²) in [4.78, 5) is 23.8. The highest BCUT2D eigenvalue weighted by Gasteiger charge is 2.30. The minimum atomic E-state index is -3.71. The van der Waals surface area contributed by atoms with E-state index < -0.39 is 21.8 Å². The third-order valence-corrected chi connectivity index (χ3v) is 7.25. The van der Waals surface area contributed by atoms with E-state index in [0.717, 1.165) is 30.6 Å². The number of amides is 2. The number of thiophene rings is 1. The Bertz CT molecular complexity index is 882. The van der Waals surface area contributed by atoms with Gasteiger partial charge in [0.15, 0.2) is 0 Å². The number of aromatic amines is 1. The van der Waals surface area contributed by atoms with Gasteiger partial charge < -0.3 is 11.1 Å². The summed E-state index contributed by atoms with van der Waals surface area (Å²) in [6.07, 6.45) is 4.01. The molecule has 3 rings (SSSR count). The first-order valence-electron chi connectivity index (χ1n) is 7.64. The number of carbonyl (C=O) groups is 2. The first-order chi connectivity index (χ1) is 11.9. The van der Waals surface area contributed by atoms with Crippen molar-refractivity contribution in [3.63, 3.8) is 0 Å². The molecule has 0 aliphatic carbocycles. The van der Waals surface area contributed by atoms with Crippen LogP contribution in [0.3, 0.4) is 0 Å². The van der Waals surface area contributed by atoms with Crippen molar-refractivity contribution in [2.45, 2.75) is 23.5 Å². The van der Waals surface area contributed by atoms with Crippen LogP contribution in [-0.2, 0) is 10.0 Å². The highest BCUT2D eigenvalue weighted by molar-refractivity contribution is 7.91. The van der Waals surface area contributed by atoms with Crippen LogP contribution >= 0.6 is 11.3 Å². The van der Waals surface area contributed by atoms with Crippen molar-refractivity contribution in [1.82, 2.24) is 14.5 Å². The number of carbonyl (C=O) groups excluding carboxylic acids is 2. The Morgan fingerprint density at radius 3 is 2.60 bits per heavy atom. The number of anilines is 1. The van der Waals surface area contributed by atoms with Gasteiger partial charge in [-0.05, 0) is 25.0 Å². The Hall–Kier alpha value is -2.24. The minimum Gasteiger partial charge on any atom is -0.366 e. The van der Waals surface area contributed by atoms with E-state index in [9.17, 15) is 18.0 Å². The molecule has 0 unspecified atom stereocenters. The van der Waals surface area contributed by atoms with E-state index in [0.29, 0.717) is 13.1 Å². The molecule has 2 aromatic rings. The third-order valence-electron chi connectivity index (χ3n) is 3.86. The number of nitrogens with one attached hydrogen (secondary N) is 2. The molecule has 1 saturated heterocycles. The van der Waals surface area contributed by atoms with Crippen molar-refractivity contribution in [3.05, 3.63) is 29.6 Å². The van der Waals surface area contributed by atoms with E-state index in [1.165, 1.54) is 22.6 Å². The lowest BCUT2D eigenvalue weighted by atomic mass is 10.2. The smallest absolute Gasteiger partial charge is 0.274 e. The van der Waals surface area contributed by atoms with Gasteiger partial charge in [0, 0.05) is 19.3 Å². The summed E-state index contributed by atoms with van der Waals surface area (Å²) in [7, 11) is -3.71. The summed E-state index contributed by atoms with van der Waals surface area (Å²) in [6.45, 7) is 0.893. The molecule has 2 amide bonds. The van der Waals surface area contributed by atoms with Gasteiger partial charge in [0.2, 0.25) is 0 Å². The fourth-order valence-electron chi connectivity index (χ4n) is 2.56. The molecule has 1 fully saturated rings. The van der Waals surface area contributed by atoms with E-state index in [1.54, 1.807) is 0 Å². The Morgan fingerprint density at radius 1 is 1.28 bits per heavy atom. The number of piperidine rings is 1. The fourth-order valence-corrected chi connectivity index (χ4v) is 5.60. The molecule has 0 radical (unpaired) electrons. The molecule has 1 aliphatic rings. The van der Waals surface area contributed by atoms with Crippen LogP contribution in [-0.4, -0.2) is 47.8 Å². The van der Waals surface area contributed by atoms with Crippen LogP contribution in [0, 0.1) is 0 Å². The highest BCUT2D eigenvalue weighted by atomic mass is 32.2. The van der Waals surface area contributed by atoms with Crippen molar-refractivity contribution in [3.8, 4) is 0 Å². The van der Waals surface area contributed by atoms with Crippen LogP contribution < -0.4 is 11.1 Å². The van der Waals surface area contributed by atoms with Gasteiger partial charge in [-0.1, -0.05) is 6.42 Å². The lowest BCUT2D eigenvalue weighted by Crippen LogP contribution is -2.35. The van der Waals surface area contributed by atoms with Gasteiger partial charge in [-0.15, -0.1) is 11.3 Å². The predicted octanol–water partition coefficient (Wildman–Crippen LogP) is 0.997. The monoisotopic (exact) mass is 383 g/mol. The van der Waals surface area contributed by atoms with Gasteiger partial charge in [-0.25, -0.2) is 8.42 Å². The highest BCUT2D eigenvalue weighted by Crippen LogP contribution is 2.34. The maximum atomic E-state index is 12.7. The Morgan fingerprint density at radius 2 is 2.00 bits per heavy atom. The summed E-state index contributed by atoms with van der Waals surface area (Å²) in [5.41, 5.74) is 5.48. The Labute approximate surface area is 148 Å². The van der Waals surface area contributed by atoms with Crippen LogP contribution in [0.25, 0.3) is 0 Å². The lowest BCUT2D eigenvalue weighted by Gasteiger charge is -2.25. The maximum Gasteiger partial charge on any atom is 0.274 e. The summed E-state index contributed by atoms with van der Waals surface area (Å²) in [5, 5.41) is 8.78. The van der Waals surface area contributed by atoms with Gasteiger partial charge in [0.1, 0.15) is 14.9 Å². The maximum absolute atomic E-state index is 12.7. The molecular weight excluding hydrogens is 366 g/mol. The Balaban J connectivity index is 1.91. The number of nitrogens with zero attached hydrogens (tertiary/aromatic N) is 2. The minimum absolute atomic E-state index is 0.0110. The van der Waals surface area contributed by atoms with Gasteiger partial charge >= 0.3 is 0 Å². The van der Waals surface area contributed by atoms with Crippen LogP contribution in [0.15, 0.2) is 22.5 Å². The molecule has 134 valence electrons. The zero-order valence-corrected chi connectivity index (χ0v) is 14.8. The van der Waals surface area contributed by atoms with E-state index in [1.807, 2.05) is 0 Å². The van der Waals surface area contributed by atoms with E-state index in [4.69, 9.17) is 5.73 Å². The van der Waals surface area contributed by atoms with Gasteiger partial charge in [-0.2, -0.15) is 9.40 Å². The number of nitrogens with two attached hydrogens (primary N) is 1. The second-order valence-electron chi connectivity index (χ2n) is 5.56. The standard InChI is InChI=1S/C14H17N5O4S2/c15-12(20)9-8-11(25(22,23)19-6-2-1-3-7-19)24-14(9)17-13(21)10-4-5-16-18-10/h4-5,8H,1-3,6-7H2,(H2,15,20)(H,16,18)(H,17,21). The molecule has 0 aromatic carbocycles. The zero-order valence-electron chi connectivity index (χ0n) is 13.2. The first kappa shape index (κ1) is 17.6. The van der Waals surface area contributed by atoms with Crippen LogP contribution in [0.5, 0.6) is 0 Å². The summed E-state index contributed by atoms with van der Waals surface area (Å²) < 4.78 is 26.9. The summed E-state index contributed by atoms with van der Waals surface area (Å²) >= 11 is 0.817. The summed E-state index contributed by atoms with van der Waals surface area (Å²) in [5.74, 6) is -1.35. The van der Waals surface area contributed by atoms with E-state index in [2.05, 4.69) is 15.5 Å². The molecule has 0 atom stereocenters. The number of hydrogen-bond acceptors (Lipinski definition) is 6. The average Bonchev–Trinajstić information content (AvgIpc) is 3.25. The molecular formula is C14H17N5O4S2. The van der Waals surface area contributed by atoms with Crippen molar-refractivity contribution < 1.29 is 18.0 Å². The SMILES string of the molecule is NC(=O)c1cc(S(=O)(=O)N2CCCCC2)sc1NC(=O)c1ccn[nH]1. The van der Waals surface area contributed by atoms with Crippen molar-refractivity contribution in [2.75, 3.05) is 18.4 Å². The average molecular weight is 383 g/mol. The molecule has 0 saturated carbocycles. The molecule has 11 heteroatoms. The van der Waals surface area contributed by atoms with Gasteiger partial charge in [0.05, 0.1) is 5.56 Å². The second kappa shape index (κ2) is 6.94. The molecule has 0 spiro atoms. The van der Waals surface area contributed by atoms with Crippen molar-refractivity contribution >= 4 is 38.2 Å². The third kappa shape index (κ3) is 3.57. The largest absolute Gasteiger partial charge is 0.366 e. The van der Waals surface area contributed by atoms with Crippen molar-refractivity contribution in [1.29, 1.82) is 0 Å². The molecule has 0 bridgehead atoms. The van der Waals surface area contributed by atoms with E-state index in [-0.39, 0.29) is 20.5 Å². The molecule has 25 heavy (non-hydrogen) atoms. The molecule has 2 aromatic heterocycles. The number of primary amides is 1. The lowest BCUT2D eigenvalue weighted by molar-refractivity contribution is 0.100. The fraction of sp³-hybridized carbons (Fsp3) is 0.357. The van der Waals surface area contributed by atoms with Crippen molar-refractivity contribution in [2.24, 2.45) is 5.73 Å². The normalized spacial score (nSPS) is 15.8. The Kier molecular flexibility index (Phi) is 4.88. The number of sulfonamides is 1. The zero-order chi connectivity index (χ0) is 18.0. The topological polar surface area (TPSA) is 138 Å². The van der Waals surface area contributed by atoms with E-state index >= 15 is 0 Å². The van der Waals surface area contributed by atoms with Crippen LogP contribution in [0.2, 0.25) is 0 Å². The predicted molar refractivity (Wildman–Crippen MR) is 92.0 cm³/mol. The summed E-state index contributed by atoms with van der Waals surface area (Å²) in [6, 6.07) is 2.68. The number of rotatable bonds is 5. The first-order valence-corrected chi connectivity index (χ1v) is 9.90. The van der Waals surface area contributed by atoms with Gasteiger partial charge in [-0.3, -0.25) is 14.7 Å². The van der Waals surface area contributed by atoms with Crippen LogP contribution in [0.1, 0.15) is 40.1 Å². The van der Waals surface area contributed by atoms with Gasteiger partial charge in [0.25, 0.3) is 21.8 Å². The number of H-pyrrole nitrogens is 1. The molecule has 1 aliphatic heterocycles. The molecule has 4 N–H and O–H groups in total. The molecule has 9 nitrogen and oxygen atoms in total. The van der Waals surface area contributed by atoms with Crippen LogP contribution in [0.4, 0.5) is 5.00 Å². The quantitative estimate of drug-likeness (QED) is 0.707. The number of aromatic nitrogens is 2.